The molecule has 31 heavy (non-hydrogen) atoms. The number of carbonyl (C=O) groups is 1. The Labute approximate surface area is 179 Å². The van der Waals surface area contributed by atoms with E-state index in [0.717, 1.165) is 40.0 Å². The second-order valence-corrected chi connectivity index (χ2v) is 8.03. The van der Waals surface area contributed by atoms with E-state index in [-0.39, 0.29) is 0 Å². The number of hydrogen-bond acceptors (Lipinski definition) is 4. The maximum absolute atomic E-state index is 13.1. The van der Waals surface area contributed by atoms with Crippen LogP contribution >= 0.6 is 0 Å². The van der Waals surface area contributed by atoms with Gasteiger partial charge in [0.1, 0.15) is 11.2 Å². The Balaban J connectivity index is 1.52. The van der Waals surface area contributed by atoms with Gasteiger partial charge in [0.2, 0.25) is 5.95 Å². The minimum atomic E-state index is -0.758. The first-order valence-corrected chi connectivity index (χ1v) is 9.97. The number of benzene rings is 1. The molecular formula is C24H23FN4O2. The molecule has 0 aliphatic heterocycles. The number of amides is 1. The number of aryl methyl sites for hydroxylation is 1. The zero-order valence-electron chi connectivity index (χ0n) is 17.4. The molecule has 3 aromatic heterocycles. The van der Waals surface area contributed by atoms with Gasteiger partial charge in [-0.05, 0) is 62.1 Å². The smallest absolute Gasteiger partial charge is 0.405 e. The summed E-state index contributed by atoms with van der Waals surface area (Å²) in [5, 5.41) is 0. The fraction of sp³-hybridized carbons (Fsp3) is 0.208. The zero-order valence-corrected chi connectivity index (χ0v) is 17.4. The van der Waals surface area contributed by atoms with E-state index in [9.17, 15) is 9.18 Å². The molecule has 0 atom stereocenters. The third-order valence-corrected chi connectivity index (χ3v) is 5.22. The van der Waals surface area contributed by atoms with E-state index in [1.165, 1.54) is 12.3 Å². The number of ether oxygens (including phenoxy) is 1. The highest BCUT2D eigenvalue weighted by Gasteiger charge is 2.21. The van der Waals surface area contributed by atoms with E-state index in [0.29, 0.717) is 6.42 Å². The second kappa shape index (κ2) is 8.18. The highest BCUT2D eigenvalue weighted by atomic mass is 19.1. The van der Waals surface area contributed by atoms with Crippen molar-refractivity contribution in [3.8, 4) is 22.4 Å². The number of rotatable bonds is 6. The van der Waals surface area contributed by atoms with Crippen LogP contribution in [0, 0.1) is 5.95 Å². The fourth-order valence-corrected chi connectivity index (χ4v) is 3.53. The van der Waals surface area contributed by atoms with Crippen molar-refractivity contribution in [2.24, 2.45) is 5.73 Å². The molecule has 0 spiro atoms. The number of nitrogens with two attached hydrogens (primary N) is 1. The van der Waals surface area contributed by atoms with E-state index < -0.39 is 17.6 Å². The Morgan fingerprint density at radius 2 is 1.77 bits per heavy atom. The van der Waals surface area contributed by atoms with Gasteiger partial charge in [-0.3, -0.25) is 4.40 Å². The maximum Gasteiger partial charge on any atom is 0.405 e. The molecule has 3 heterocycles. The van der Waals surface area contributed by atoms with Crippen LogP contribution in [-0.2, 0) is 11.2 Å². The van der Waals surface area contributed by atoms with Crippen LogP contribution in [-0.4, -0.2) is 26.1 Å². The molecule has 0 unspecified atom stereocenters. The zero-order chi connectivity index (χ0) is 22.0. The van der Waals surface area contributed by atoms with Crippen LogP contribution in [0.3, 0.4) is 0 Å². The summed E-state index contributed by atoms with van der Waals surface area (Å²) in [6, 6.07) is 15.2. The van der Waals surface area contributed by atoms with Crippen LogP contribution in [0.1, 0.15) is 25.8 Å². The maximum atomic E-state index is 13.1. The monoisotopic (exact) mass is 418 g/mol. The molecular weight excluding hydrogens is 395 g/mol. The number of fused-ring (bicyclic) bond motifs is 1. The van der Waals surface area contributed by atoms with Gasteiger partial charge in [0.25, 0.3) is 0 Å². The normalized spacial score (nSPS) is 11.6. The van der Waals surface area contributed by atoms with Crippen molar-refractivity contribution < 1.29 is 13.9 Å². The molecule has 0 saturated carbocycles. The van der Waals surface area contributed by atoms with Gasteiger partial charge in [-0.1, -0.05) is 24.3 Å². The van der Waals surface area contributed by atoms with Gasteiger partial charge in [0.15, 0.2) is 0 Å². The Morgan fingerprint density at radius 1 is 1.03 bits per heavy atom. The summed E-state index contributed by atoms with van der Waals surface area (Å²) >= 11 is 0. The van der Waals surface area contributed by atoms with Crippen molar-refractivity contribution in [2.45, 2.75) is 32.3 Å². The standard InChI is InChI=1S/C24H23FN4O2/c1-24(2,31-23(26)30)11-9-16-3-5-17(6-4-16)20-15-28-22-13-18(10-12-29(20)22)19-7-8-21(25)27-14-19/h3-8,10,12-15H,9,11H2,1-2H3,(H2,26,30). The number of primary amides is 1. The molecule has 2 N–H and O–H groups in total. The van der Waals surface area contributed by atoms with Crippen molar-refractivity contribution in [1.29, 1.82) is 0 Å². The first-order valence-electron chi connectivity index (χ1n) is 9.97. The first-order chi connectivity index (χ1) is 14.8. The van der Waals surface area contributed by atoms with Crippen LogP contribution in [0.4, 0.5) is 9.18 Å². The largest absolute Gasteiger partial charge is 0.444 e. The van der Waals surface area contributed by atoms with Gasteiger partial charge in [0, 0.05) is 23.5 Å². The van der Waals surface area contributed by atoms with Crippen molar-refractivity contribution in [1.82, 2.24) is 14.4 Å². The molecule has 0 saturated heterocycles. The molecule has 0 aliphatic rings. The topological polar surface area (TPSA) is 82.5 Å². The molecule has 4 rings (SSSR count). The molecule has 4 aromatic rings. The van der Waals surface area contributed by atoms with E-state index in [2.05, 4.69) is 34.2 Å². The summed E-state index contributed by atoms with van der Waals surface area (Å²) in [5.74, 6) is -0.500. The quantitative estimate of drug-likeness (QED) is 0.446. The molecule has 0 fully saturated rings. The molecule has 0 aliphatic carbocycles. The molecule has 6 nitrogen and oxygen atoms in total. The lowest BCUT2D eigenvalue weighted by atomic mass is 9.97. The van der Waals surface area contributed by atoms with E-state index in [4.69, 9.17) is 10.5 Å². The van der Waals surface area contributed by atoms with Gasteiger partial charge in [-0.15, -0.1) is 0 Å². The van der Waals surface area contributed by atoms with Crippen molar-refractivity contribution in [2.75, 3.05) is 0 Å². The highest BCUT2D eigenvalue weighted by molar-refractivity contribution is 5.70. The number of imidazole rings is 1. The lowest BCUT2D eigenvalue weighted by Crippen LogP contribution is -2.31. The number of pyridine rings is 2. The van der Waals surface area contributed by atoms with Crippen LogP contribution in [0.5, 0.6) is 0 Å². The first kappa shape index (κ1) is 20.5. The second-order valence-electron chi connectivity index (χ2n) is 8.03. The van der Waals surface area contributed by atoms with Crippen LogP contribution in [0.15, 0.2) is 67.1 Å². The Morgan fingerprint density at radius 3 is 2.45 bits per heavy atom. The van der Waals surface area contributed by atoms with Gasteiger partial charge >= 0.3 is 6.09 Å². The third-order valence-electron chi connectivity index (χ3n) is 5.22. The number of carbonyl (C=O) groups excluding carboxylic acids is 1. The predicted octanol–water partition coefficient (Wildman–Crippen LogP) is 5.01. The van der Waals surface area contributed by atoms with E-state index >= 15 is 0 Å². The minimum Gasteiger partial charge on any atom is -0.444 e. The van der Waals surface area contributed by atoms with Crippen molar-refractivity contribution in [3.05, 3.63) is 78.6 Å². The lowest BCUT2D eigenvalue weighted by Gasteiger charge is -2.23. The number of hydrogen-bond donors (Lipinski definition) is 1. The molecule has 1 aromatic carbocycles. The Kier molecular flexibility index (Phi) is 5.42. The van der Waals surface area contributed by atoms with Crippen LogP contribution in [0.25, 0.3) is 28.0 Å². The Hall–Kier alpha value is -3.74. The number of aromatic nitrogens is 3. The van der Waals surface area contributed by atoms with E-state index in [1.54, 1.807) is 6.07 Å². The van der Waals surface area contributed by atoms with Gasteiger partial charge in [-0.2, -0.15) is 4.39 Å². The average Bonchev–Trinajstić information content (AvgIpc) is 3.16. The predicted molar refractivity (Wildman–Crippen MR) is 117 cm³/mol. The lowest BCUT2D eigenvalue weighted by molar-refractivity contribution is 0.0394. The summed E-state index contributed by atoms with van der Waals surface area (Å²) in [7, 11) is 0. The van der Waals surface area contributed by atoms with Gasteiger partial charge in [-0.25, -0.2) is 14.8 Å². The van der Waals surface area contributed by atoms with Gasteiger partial charge in [0.05, 0.1) is 11.9 Å². The third kappa shape index (κ3) is 4.71. The average molecular weight is 418 g/mol. The molecule has 7 heteroatoms. The van der Waals surface area contributed by atoms with E-state index in [1.807, 2.05) is 42.8 Å². The summed E-state index contributed by atoms with van der Waals surface area (Å²) in [5.41, 5.74) is 10.2. The van der Waals surface area contributed by atoms with Crippen LogP contribution < -0.4 is 5.73 Å². The minimum absolute atomic E-state index is 0.500. The fourth-order valence-electron chi connectivity index (χ4n) is 3.53. The molecule has 0 bridgehead atoms. The highest BCUT2D eigenvalue weighted by Crippen LogP contribution is 2.26. The Bertz CT molecular complexity index is 1210. The SMILES string of the molecule is CC(C)(CCc1ccc(-c2cnc3cc(-c4ccc(F)nc4)ccn23)cc1)OC(N)=O. The van der Waals surface area contributed by atoms with Crippen molar-refractivity contribution in [3.63, 3.8) is 0 Å². The number of halogens is 1. The number of nitrogens with zero attached hydrogens (tertiary/aromatic N) is 3. The summed E-state index contributed by atoms with van der Waals surface area (Å²) in [6.07, 6.45) is 5.98. The summed E-state index contributed by atoms with van der Waals surface area (Å²) in [4.78, 5) is 19.2. The van der Waals surface area contributed by atoms with Gasteiger partial charge < -0.3 is 10.5 Å². The molecule has 158 valence electrons. The van der Waals surface area contributed by atoms with Crippen LogP contribution in [0.2, 0.25) is 0 Å². The van der Waals surface area contributed by atoms with Crippen molar-refractivity contribution >= 4 is 11.7 Å². The molecule has 0 radical (unpaired) electrons. The molecule has 1 amide bonds. The summed E-state index contributed by atoms with van der Waals surface area (Å²) in [6.45, 7) is 3.70. The summed E-state index contributed by atoms with van der Waals surface area (Å²) < 4.78 is 20.2.